The number of fused-ring (bicyclic) bond motifs is 1. The summed E-state index contributed by atoms with van der Waals surface area (Å²) < 4.78 is 26.3. The van der Waals surface area contributed by atoms with E-state index in [0.29, 0.717) is 6.42 Å². The van der Waals surface area contributed by atoms with E-state index in [-0.39, 0.29) is 12.6 Å². The molecular weight excluding hydrogens is 182 g/mol. The van der Waals surface area contributed by atoms with Crippen molar-refractivity contribution in [2.75, 3.05) is 13.1 Å². The fourth-order valence-electron chi connectivity index (χ4n) is 2.11. The number of rotatable bonds is 0. The van der Waals surface area contributed by atoms with Gasteiger partial charge in [-0.2, -0.15) is 0 Å². The number of likely N-dealkylation sites (tertiary alicyclic amines) is 1. The average molecular weight is 192 g/mol. The zero-order valence-electron chi connectivity index (χ0n) is 6.83. The first-order valence-corrected chi connectivity index (χ1v) is 4.13. The molecule has 0 bridgehead atoms. The van der Waals surface area contributed by atoms with Gasteiger partial charge in [0, 0.05) is 12.6 Å². The highest BCUT2D eigenvalue weighted by Crippen LogP contribution is 2.35. The summed E-state index contributed by atoms with van der Waals surface area (Å²) in [5.41, 5.74) is 0. The predicted molar refractivity (Wildman–Crippen MR) is 39.9 cm³/mol. The Morgan fingerprint density at radius 2 is 2.31 bits per heavy atom. The van der Waals surface area contributed by atoms with E-state index in [4.69, 9.17) is 5.11 Å². The highest BCUT2D eigenvalue weighted by molar-refractivity contribution is 5.66. The molecule has 0 spiro atoms. The third-order valence-electron chi connectivity index (χ3n) is 2.68. The number of halogens is 2. The second-order valence-electron chi connectivity index (χ2n) is 3.46. The zero-order chi connectivity index (χ0) is 9.64. The van der Waals surface area contributed by atoms with Gasteiger partial charge in [0.15, 0.2) is 0 Å². The van der Waals surface area contributed by atoms with Gasteiger partial charge in [0.25, 0.3) is 5.92 Å². The molecule has 1 amide bonds. The zero-order valence-corrected chi connectivity index (χ0v) is 6.83. The van der Waals surface area contributed by atoms with Gasteiger partial charge in [0.05, 0.1) is 6.54 Å². The van der Waals surface area contributed by atoms with Crippen LogP contribution in [0.5, 0.6) is 0 Å². The molecule has 2 aliphatic heterocycles. The van der Waals surface area contributed by atoms with Crippen molar-refractivity contribution in [1.82, 2.24) is 10.2 Å². The number of nitrogens with one attached hydrogen (secondary N) is 1. The Bertz CT molecular complexity index is 247. The molecule has 0 aliphatic carbocycles. The van der Waals surface area contributed by atoms with Crippen molar-refractivity contribution in [3.8, 4) is 0 Å². The number of carbonyl (C=O) groups is 1. The third kappa shape index (κ3) is 1.16. The second kappa shape index (κ2) is 2.54. The molecule has 2 unspecified atom stereocenters. The lowest BCUT2D eigenvalue weighted by Crippen LogP contribution is -2.47. The Morgan fingerprint density at radius 3 is 2.92 bits per heavy atom. The smallest absolute Gasteiger partial charge is 0.407 e. The van der Waals surface area contributed by atoms with E-state index in [1.807, 2.05) is 0 Å². The molecule has 2 fully saturated rings. The summed E-state index contributed by atoms with van der Waals surface area (Å²) in [5, 5.41) is 11.3. The van der Waals surface area contributed by atoms with E-state index in [1.165, 1.54) is 0 Å². The van der Waals surface area contributed by atoms with Crippen LogP contribution in [0.1, 0.15) is 6.42 Å². The third-order valence-corrected chi connectivity index (χ3v) is 2.68. The van der Waals surface area contributed by atoms with Gasteiger partial charge in [-0.3, -0.25) is 4.90 Å². The largest absolute Gasteiger partial charge is 0.465 e. The second-order valence-corrected chi connectivity index (χ2v) is 3.46. The quantitative estimate of drug-likeness (QED) is 0.582. The Kier molecular flexibility index (Phi) is 1.69. The minimum Gasteiger partial charge on any atom is -0.465 e. The number of hydrogen-bond acceptors (Lipinski definition) is 2. The Morgan fingerprint density at radius 1 is 1.62 bits per heavy atom. The molecule has 74 valence electrons. The van der Waals surface area contributed by atoms with E-state index in [1.54, 1.807) is 0 Å². The standard InChI is InChI=1S/C7H10F2N2O2/c8-7(9)3-10-4-1-2-11(5(4)7)6(12)13/h4-5,10H,1-3H2,(H,12,13). The van der Waals surface area contributed by atoms with Gasteiger partial charge in [-0.15, -0.1) is 0 Å². The lowest BCUT2D eigenvalue weighted by Gasteiger charge is -2.25. The van der Waals surface area contributed by atoms with Crippen LogP contribution < -0.4 is 5.32 Å². The first-order chi connectivity index (χ1) is 6.02. The van der Waals surface area contributed by atoms with E-state index in [2.05, 4.69) is 5.32 Å². The molecule has 0 aromatic heterocycles. The van der Waals surface area contributed by atoms with E-state index >= 15 is 0 Å². The number of amides is 1. The van der Waals surface area contributed by atoms with Crippen LogP contribution in [0.25, 0.3) is 0 Å². The van der Waals surface area contributed by atoms with E-state index in [0.717, 1.165) is 4.90 Å². The van der Waals surface area contributed by atoms with Gasteiger partial charge in [-0.25, -0.2) is 13.6 Å². The SMILES string of the molecule is O=C(O)N1CCC2NCC(F)(F)C21. The maximum atomic E-state index is 13.1. The lowest BCUT2D eigenvalue weighted by molar-refractivity contribution is -0.0356. The normalized spacial score (nSPS) is 36.3. The number of hydrogen-bond donors (Lipinski definition) is 2. The van der Waals surface area contributed by atoms with Crippen LogP contribution in [0.15, 0.2) is 0 Å². The molecule has 2 saturated heterocycles. The Labute approximate surface area is 73.5 Å². The van der Waals surface area contributed by atoms with Crippen LogP contribution >= 0.6 is 0 Å². The van der Waals surface area contributed by atoms with Crippen LogP contribution in [-0.4, -0.2) is 47.2 Å². The minimum atomic E-state index is -2.92. The summed E-state index contributed by atoms with van der Waals surface area (Å²) in [6, 6.07) is -1.53. The molecule has 4 nitrogen and oxygen atoms in total. The topological polar surface area (TPSA) is 52.6 Å². The van der Waals surface area contributed by atoms with Gasteiger partial charge in [-0.05, 0) is 6.42 Å². The van der Waals surface area contributed by atoms with Crippen molar-refractivity contribution in [2.24, 2.45) is 0 Å². The molecule has 2 heterocycles. The maximum Gasteiger partial charge on any atom is 0.407 e. The Balaban J connectivity index is 2.23. The number of carboxylic acid groups (broad SMARTS) is 1. The van der Waals surface area contributed by atoms with E-state index < -0.39 is 24.6 Å². The summed E-state index contributed by atoms with van der Waals surface area (Å²) in [5.74, 6) is -2.92. The van der Waals surface area contributed by atoms with Crippen LogP contribution in [0.2, 0.25) is 0 Å². The fourth-order valence-corrected chi connectivity index (χ4v) is 2.11. The molecule has 0 saturated carbocycles. The summed E-state index contributed by atoms with van der Waals surface area (Å²) in [6.07, 6.45) is -0.775. The van der Waals surface area contributed by atoms with Crippen molar-refractivity contribution < 1.29 is 18.7 Å². The molecular formula is C7H10F2N2O2. The van der Waals surface area contributed by atoms with Crippen LogP contribution in [0.3, 0.4) is 0 Å². The van der Waals surface area contributed by atoms with Gasteiger partial charge in [-0.1, -0.05) is 0 Å². The maximum absolute atomic E-state index is 13.1. The lowest BCUT2D eigenvalue weighted by atomic mass is 10.1. The van der Waals surface area contributed by atoms with E-state index in [9.17, 15) is 13.6 Å². The molecule has 6 heteroatoms. The van der Waals surface area contributed by atoms with Gasteiger partial charge in [0.1, 0.15) is 6.04 Å². The molecule has 2 rings (SSSR count). The summed E-state index contributed by atoms with van der Waals surface area (Å²) >= 11 is 0. The van der Waals surface area contributed by atoms with Gasteiger partial charge >= 0.3 is 6.09 Å². The van der Waals surface area contributed by atoms with Crippen LogP contribution in [-0.2, 0) is 0 Å². The molecule has 13 heavy (non-hydrogen) atoms. The predicted octanol–water partition coefficient (Wildman–Crippen LogP) is 0.346. The summed E-state index contributed by atoms with van der Waals surface area (Å²) in [7, 11) is 0. The van der Waals surface area contributed by atoms with Gasteiger partial charge < -0.3 is 10.4 Å². The molecule has 0 aromatic rings. The van der Waals surface area contributed by atoms with Crippen molar-refractivity contribution in [3.63, 3.8) is 0 Å². The average Bonchev–Trinajstić information content (AvgIpc) is 2.53. The van der Waals surface area contributed by atoms with Crippen molar-refractivity contribution in [1.29, 1.82) is 0 Å². The minimum absolute atomic E-state index is 0.202. The van der Waals surface area contributed by atoms with Gasteiger partial charge in [0.2, 0.25) is 0 Å². The summed E-state index contributed by atoms with van der Waals surface area (Å²) in [6.45, 7) is -0.209. The fraction of sp³-hybridized carbons (Fsp3) is 0.857. The van der Waals surface area contributed by atoms with Crippen LogP contribution in [0, 0.1) is 0 Å². The highest BCUT2D eigenvalue weighted by atomic mass is 19.3. The number of alkyl halides is 2. The first-order valence-electron chi connectivity index (χ1n) is 4.13. The monoisotopic (exact) mass is 192 g/mol. The molecule has 2 aliphatic rings. The molecule has 2 N–H and O–H groups in total. The number of nitrogens with zero attached hydrogens (tertiary/aromatic N) is 1. The van der Waals surface area contributed by atoms with Crippen molar-refractivity contribution >= 4 is 6.09 Å². The van der Waals surface area contributed by atoms with Crippen LogP contribution in [0.4, 0.5) is 13.6 Å². The highest BCUT2D eigenvalue weighted by Gasteiger charge is 2.57. The first kappa shape index (κ1) is 8.68. The molecule has 0 radical (unpaired) electrons. The summed E-state index contributed by atoms with van der Waals surface area (Å²) in [4.78, 5) is 11.4. The Hall–Kier alpha value is -0.910. The molecule has 2 atom stereocenters. The molecule has 0 aromatic carbocycles. The van der Waals surface area contributed by atoms with Crippen molar-refractivity contribution in [2.45, 2.75) is 24.4 Å². The van der Waals surface area contributed by atoms with Crippen molar-refractivity contribution in [3.05, 3.63) is 0 Å².